The molecule has 0 spiro atoms. The Labute approximate surface area is 117 Å². The lowest BCUT2D eigenvalue weighted by Gasteiger charge is -2.33. The molecule has 110 valence electrons. The Kier molecular flexibility index (Phi) is 4.88. The second kappa shape index (κ2) is 6.25. The second-order valence-corrected chi connectivity index (χ2v) is 7.07. The fraction of sp³-hybridized carbons (Fsp3) is 0.938. The minimum Gasteiger partial charge on any atom is -0.459 e. The third kappa shape index (κ3) is 4.20. The second-order valence-electron chi connectivity index (χ2n) is 7.07. The molecule has 2 rings (SSSR count). The van der Waals surface area contributed by atoms with Gasteiger partial charge in [-0.05, 0) is 53.0 Å². The van der Waals surface area contributed by atoms with E-state index in [9.17, 15) is 4.79 Å². The van der Waals surface area contributed by atoms with E-state index in [4.69, 9.17) is 4.74 Å². The van der Waals surface area contributed by atoms with E-state index in [1.165, 1.54) is 38.5 Å². The van der Waals surface area contributed by atoms with E-state index >= 15 is 0 Å². The van der Waals surface area contributed by atoms with Gasteiger partial charge in [0.1, 0.15) is 11.6 Å². The highest BCUT2D eigenvalue weighted by Gasteiger charge is 2.37. The number of ether oxygens (including phenoxy) is 1. The summed E-state index contributed by atoms with van der Waals surface area (Å²) in [5.41, 5.74) is -0.366. The summed E-state index contributed by atoms with van der Waals surface area (Å²) in [6, 6.07) is 0.629. The molecule has 1 aliphatic heterocycles. The molecular weight excluding hydrogens is 238 g/mol. The molecule has 0 bridgehead atoms. The monoisotopic (exact) mass is 267 g/mol. The van der Waals surface area contributed by atoms with E-state index in [0.717, 1.165) is 19.4 Å². The van der Waals surface area contributed by atoms with Crippen molar-refractivity contribution in [2.75, 3.05) is 6.54 Å². The molecule has 3 heteroatoms. The van der Waals surface area contributed by atoms with Gasteiger partial charge in [-0.2, -0.15) is 0 Å². The maximum Gasteiger partial charge on any atom is 0.323 e. The largest absolute Gasteiger partial charge is 0.459 e. The molecule has 1 atom stereocenters. The van der Waals surface area contributed by atoms with Crippen LogP contribution in [0, 0.1) is 0 Å². The molecule has 1 saturated heterocycles. The normalized spacial score (nSPS) is 27.2. The first-order valence-electron chi connectivity index (χ1n) is 7.96. The molecule has 0 aromatic carbocycles. The van der Waals surface area contributed by atoms with Crippen LogP contribution in [0.4, 0.5) is 0 Å². The lowest BCUT2D eigenvalue weighted by molar-refractivity contribution is -0.161. The Morgan fingerprint density at radius 3 is 2.21 bits per heavy atom. The number of rotatable bonds is 2. The SMILES string of the molecule is CC(C)(C)OC(=O)[C@H]1CCCN1C1CCCCCC1. The van der Waals surface area contributed by atoms with Gasteiger partial charge in [0, 0.05) is 6.04 Å². The lowest BCUT2D eigenvalue weighted by atomic mass is 10.1. The molecule has 1 saturated carbocycles. The fourth-order valence-corrected chi connectivity index (χ4v) is 3.44. The van der Waals surface area contributed by atoms with Crippen LogP contribution in [0.25, 0.3) is 0 Å². The zero-order chi connectivity index (χ0) is 13.9. The molecule has 2 fully saturated rings. The average Bonchev–Trinajstić information content (AvgIpc) is 2.63. The summed E-state index contributed by atoms with van der Waals surface area (Å²) in [5.74, 6) is -0.00533. The molecular formula is C16H29NO2. The van der Waals surface area contributed by atoms with Gasteiger partial charge in [0.25, 0.3) is 0 Å². The average molecular weight is 267 g/mol. The maximum absolute atomic E-state index is 12.3. The fourth-order valence-electron chi connectivity index (χ4n) is 3.44. The first kappa shape index (κ1) is 14.8. The number of hydrogen-bond acceptors (Lipinski definition) is 3. The molecule has 2 aliphatic rings. The topological polar surface area (TPSA) is 29.5 Å². The van der Waals surface area contributed by atoms with Gasteiger partial charge in [-0.15, -0.1) is 0 Å². The third-order valence-corrected chi connectivity index (χ3v) is 4.27. The van der Waals surface area contributed by atoms with Crippen LogP contribution in [-0.2, 0) is 9.53 Å². The molecule has 19 heavy (non-hydrogen) atoms. The van der Waals surface area contributed by atoms with Crippen LogP contribution in [0.2, 0.25) is 0 Å². The van der Waals surface area contributed by atoms with Gasteiger partial charge < -0.3 is 4.74 Å². The quantitative estimate of drug-likeness (QED) is 0.566. The standard InChI is InChI=1S/C16H29NO2/c1-16(2,3)19-15(18)14-11-8-12-17(14)13-9-6-4-5-7-10-13/h13-14H,4-12H2,1-3H3/t14-/m1/s1. The predicted molar refractivity (Wildman–Crippen MR) is 77.1 cm³/mol. The lowest BCUT2D eigenvalue weighted by Crippen LogP contribution is -2.45. The van der Waals surface area contributed by atoms with E-state index in [2.05, 4.69) is 4.90 Å². The number of carbonyl (C=O) groups excluding carboxylic acids is 1. The van der Waals surface area contributed by atoms with Crippen LogP contribution < -0.4 is 0 Å². The summed E-state index contributed by atoms with van der Waals surface area (Å²) in [6.07, 6.45) is 10.0. The Bertz CT molecular complexity index is 300. The molecule has 3 nitrogen and oxygen atoms in total. The van der Waals surface area contributed by atoms with E-state index < -0.39 is 0 Å². The van der Waals surface area contributed by atoms with E-state index in [1.807, 2.05) is 20.8 Å². The van der Waals surface area contributed by atoms with Crippen LogP contribution in [0.15, 0.2) is 0 Å². The highest BCUT2D eigenvalue weighted by Crippen LogP contribution is 2.29. The summed E-state index contributed by atoms with van der Waals surface area (Å²) in [5, 5.41) is 0. The highest BCUT2D eigenvalue weighted by atomic mass is 16.6. The van der Waals surface area contributed by atoms with E-state index in [1.54, 1.807) is 0 Å². The minimum absolute atomic E-state index is 0.00533. The van der Waals surface area contributed by atoms with Crippen molar-refractivity contribution < 1.29 is 9.53 Å². The minimum atomic E-state index is -0.366. The zero-order valence-corrected chi connectivity index (χ0v) is 12.8. The first-order valence-corrected chi connectivity index (χ1v) is 7.96. The molecule has 0 aromatic rings. The van der Waals surface area contributed by atoms with Crippen LogP contribution in [-0.4, -0.2) is 35.1 Å². The van der Waals surface area contributed by atoms with Crippen molar-refractivity contribution in [1.29, 1.82) is 0 Å². The predicted octanol–water partition coefficient (Wildman–Crippen LogP) is 3.52. The molecule has 1 aliphatic carbocycles. The van der Waals surface area contributed by atoms with Crippen LogP contribution >= 0.6 is 0 Å². The number of esters is 1. The van der Waals surface area contributed by atoms with Gasteiger partial charge >= 0.3 is 5.97 Å². The van der Waals surface area contributed by atoms with Crippen molar-refractivity contribution in [1.82, 2.24) is 4.90 Å². The van der Waals surface area contributed by atoms with Gasteiger partial charge in [-0.25, -0.2) is 0 Å². The van der Waals surface area contributed by atoms with Gasteiger partial charge in [0.15, 0.2) is 0 Å². The van der Waals surface area contributed by atoms with E-state index in [-0.39, 0.29) is 17.6 Å². The first-order chi connectivity index (χ1) is 8.97. The molecule has 0 aromatic heterocycles. The Hall–Kier alpha value is -0.570. The number of hydrogen-bond donors (Lipinski definition) is 0. The Morgan fingerprint density at radius 1 is 1.00 bits per heavy atom. The van der Waals surface area contributed by atoms with Crippen molar-refractivity contribution in [3.63, 3.8) is 0 Å². The summed E-state index contributed by atoms with van der Waals surface area (Å²) in [7, 11) is 0. The van der Waals surface area contributed by atoms with Crippen molar-refractivity contribution in [2.45, 2.75) is 89.8 Å². The zero-order valence-electron chi connectivity index (χ0n) is 12.8. The smallest absolute Gasteiger partial charge is 0.323 e. The number of nitrogens with zero attached hydrogens (tertiary/aromatic N) is 1. The van der Waals surface area contributed by atoms with Crippen molar-refractivity contribution >= 4 is 5.97 Å². The van der Waals surface area contributed by atoms with Gasteiger partial charge in [0.2, 0.25) is 0 Å². The number of likely N-dealkylation sites (tertiary alicyclic amines) is 1. The highest BCUT2D eigenvalue weighted by molar-refractivity contribution is 5.76. The van der Waals surface area contributed by atoms with Gasteiger partial charge in [-0.1, -0.05) is 25.7 Å². The van der Waals surface area contributed by atoms with E-state index in [0.29, 0.717) is 6.04 Å². The molecule has 0 unspecified atom stereocenters. The number of carbonyl (C=O) groups is 1. The van der Waals surface area contributed by atoms with Crippen LogP contribution in [0.1, 0.15) is 72.1 Å². The molecule has 1 heterocycles. The van der Waals surface area contributed by atoms with Crippen LogP contribution in [0.3, 0.4) is 0 Å². The van der Waals surface area contributed by atoms with Crippen LogP contribution in [0.5, 0.6) is 0 Å². The molecule has 0 N–H and O–H groups in total. The summed E-state index contributed by atoms with van der Waals surface area (Å²) in [6.45, 7) is 6.94. The van der Waals surface area contributed by atoms with Gasteiger partial charge in [0.05, 0.1) is 0 Å². The summed E-state index contributed by atoms with van der Waals surface area (Å²) < 4.78 is 5.59. The third-order valence-electron chi connectivity index (χ3n) is 4.27. The Balaban J connectivity index is 1.97. The molecule has 0 radical (unpaired) electrons. The van der Waals surface area contributed by atoms with Crippen molar-refractivity contribution in [3.8, 4) is 0 Å². The van der Waals surface area contributed by atoms with Gasteiger partial charge in [-0.3, -0.25) is 9.69 Å². The van der Waals surface area contributed by atoms with Crippen molar-refractivity contribution in [3.05, 3.63) is 0 Å². The maximum atomic E-state index is 12.3. The molecule has 0 amide bonds. The summed E-state index contributed by atoms with van der Waals surface area (Å²) in [4.78, 5) is 14.8. The summed E-state index contributed by atoms with van der Waals surface area (Å²) >= 11 is 0. The Morgan fingerprint density at radius 2 is 1.63 bits per heavy atom. The van der Waals surface area contributed by atoms with Crippen molar-refractivity contribution in [2.24, 2.45) is 0 Å².